The second-order valence-electron chi connectivity index (χ2n) is 3.57. The number of alkyl carbamates (subject to hydrolysis) is 1. The van der Waals surface area contributed by atoms with Crippen LogP contribution in [0.2, 0.25) is 0 Å². The van der Waals surface area contributed by atoms with Gasteiger partial charge in [0.2, 0.25) is 5.60 Å². The van der Waals surface area contributed by atoms with Crippen LogP contribution in [0.25, 0.3) is 0 Å². The molecular weight excluding hydrogens is 196 g/mol. The number of ether oxygens (including phenoxy) is 1. The molecule has 76 valence electrons. The first-order chi connectivity index (χ1) is 7.22. The van der Waals surface area contributed by atoms with E-state index in [0.717, 1.165) is 0 Å². The number of anilines is 1. The van der Waals surface area contributed by atoms with Crippen LogP contribution in [-0.4, -0.2) is 18.5 Å². The summed E-state index contributed by atoms with van der Waals surface area (Å²) in [4.78, 5) is 22.8. The fourth-order valence-electron chi connectivity index (χ4n) is 1.99. The van der Waals surface area contributed by atoms with E-state index in [-0.39, 0.29) is 12.5 Å². The van der Waals surface area contributed by atoms with Gasteiger partial charge in [-0.25, -0.2) is 4.79 Å². The lowest BCUT2D eigenvalue weighted by atomic mass is 9.96. The van der Waals surface area contributed by atoms with Gasteiger partial charge < -0.3 is 15.4 Å². The van der Waals surface area contributed by atoms with Crippen molar-refractivity contribution in [3.05, 3.63) is 29.8 Å². The molecule has 0 saturated carbocycles. The topological polar surface area (TPSA) is 67.4 Å². The lowest BCUT2D eigenvalue weighted by Crippen LogP contribution is -2.37. The Morgan fingerprint density at radius 2 is 2.07 bits per heavy atom. The van der Waals surface area contributed by atoms with Crippen molar-refractivity contribution in [3.8, 4) is 0 Å². The van der Waals surface area contributed by atoms with Crippen LogP contribution in [0.1, 0.15) is 5.56 Å². The van der Waals surface area contributed by atoms with E-state index in [9.17, 15) is 9.59 Å². The number of para-hydroxylation sites is 1. The lowest BCUT2D eigenvalue weighted by Gasteiger charge is -2.17. The standard InChI is InChI=1S/C10H8N2O3/c13-8-10(5-11-9(14)15-10)6-3-1-2-4-7(6)12-8/h1-4H,5H2,(H,11,14)(H,12,13). The molecule has 0 radical (unpaired) electrons. The summed E-state index contributed by atoms with van der Waals surface area (Å²) in [6.45, 7) is 0.189. The summed E-state index contributed by atoms with van der Waals surface area (Å²) >= 11 is 0. The summed E-state index contributed by atoms with van der Waals surface area (Å²) in [6, 6.07) is 7.21. The van der Waals surface area contributed by atoms with Crippen LogP contribution in [0, 0.1) is 0 Å². The summed E-state index contributed by atoms with van der Waals surface area (Å²) in [6.07, 6.45) is -0.554. The summed E-state index contributed by atoms with van der Waals surface area (Å²) < 4.78 is 5.09. The molecule has 2 heterocycles. The van der Waals surface area contributed by atoms with E-state index in [1.807, 2.05) is 12.1 Å². The third kappa shape index (κ3) is 0.918. The molecule has 5 nitrogen and oxygen atoms in total. The average Bonchev–Trinajstić information content (AvgIpc) is 2.73. The molecule has 1 unspecified atom stereocenters. The van der Waals surface area contributed by atoms with Crippen molar-refractivity contribution in [2.45, 2.75) is 5.60 Å². The number of benzene rings is 1. The molecule has 1 aromatic rings. The number of amides is 2. The Bertz CT molecular complexity index is 471. The van der Waals surface area contributed by atoms with Gasteiger partial charge in [0.1, 0.15) is 0 Å². The summed E-state index contributed by atoms with van der Waals surface area (Å²) in [7, 11) is 0. The lowest BCUT2D eigenvalue weighted by molar-refractivity contribution is -0.130. The van der Waals surface area contributed by atoms with Crippen LogP contribution < -0.4 is 10.6 Å². The Morgan fingerprint density at radius 3 is 2.80 bits per heavy atom. The maximum absolute atomic E-state index is 11.8. The fourth-order valence-corrected chi connectivity index (χ4v) is 1.99. The predicted octanol–water partition coefficient (Wildman–Crippen LogP) is 0.574. The van der Waals surface area contributed by atoms with E-state index < -0.39 is 11.7 Å². The van der Waals surface area contributed by atoms with Crippen LogP contribution in [-0.2, 0) is 15.1 Å². The van der Waals surface area contributed by atoms with Gasteiger partial charge >= 0.3 is 6.09 Å². The van der Waals surface area contributed by atoms with E-state index in [0.29, 0.717) is 11.3 Å². The van der Waals surface area contributed by atoms with Gasteiger partial charge in [-0.05, 0) is 6.07 Å². The SMILES string of the molecule is O=C1NCC2(O1)C(=O)Nc1ccccc12. The minimum absolute atomic E-state index is 0.189. The zero-order valence-electron chi connectivity index (χ0n) is 7.74. The average molecular weight is 204 g/mol. The second kappa shape index (κ2) is 2.50. The number of fused-ring (bicyclic) bond motifs is 2. The quantitative estimate of drug-likeness (QED) is 0.649. The highest BCUT2D eigenvalue weighted by atomic mass is 16.6. The second-order valence-corrected chi connectivity index (χ2v) is 3.57. The third-order valence-electron chi connectivity index (χ3n) is 2.73. The molecule has 1 saturated heterocycles. The van der Waals surface area contributed by atoms with Gasteiger partial charge in [-0.15, -0.1) is 0 Å². The highest BCUT2D eigenvalue weighted by Gasteiger charge is 2.54. The molecule has 1 spiro atoms. The third-order valence-corrected chi connectivity index (χ3v) is 2.73. The van der Waals surface area contributed by atoms with Gasteiger partial charge in [0.15, 0.2) is 0 Å². The van der Waals surface area contributed by atoms with E-state index in [2.05, 4.69) is 10.6 Å². The highest BCUT2D eigenvalue weighted by molar-refractivity contribution is 6.07. The molecule has 3 rings (SSSR count). The molecule has 0 bridgehead atoms. The number of nitrogens with one attached hydrogen (secondary N) is 2. The van der Waals surface area contributed by atoms with Crippen molar-refractivity contribution in [1.29, 1.82) is 0 Å². The monoisotopic (exact) mass is 204 g/mol. The summed E-state index contributed by atoms with van der Waals surface area (Å²) in [5.74, 6) is -0.290. The molecule has 2 aliphatic heterocycles. The number of hydrogen-bond acceptors (Lipinski definition) is 3. The summed E-state index contributed by atoms with van der Waals surface area (Å²) in [5.41, 5.74) is 0.264. The predicted molar refractivity (Wildman–Crippen MR) is 51.2 cm³/mol. The van der Waals surface area contributed by atoms with Crippen LogP contribution in [0.15, 0.2) is 24.3 Å². The highest BCUT2D eigenvalue weighted by Crippen LogP contribution is 2.40. The Morgan fingerprint density at radius 1 is 1.27 bits per heavy atom. The zero-order chi connectivity index (χ0) is 10.5. The first-order valence-electron chi connectivity index (χ1n) is 4.60. The van der Waals surface area contributed by atoms with Crippen molar-refractivity contribution < 1.29 is 14.3 Å². The molecule has 1 fully saturated rings. The molecule has 15 heavy (non-hydrogen) atoms. The van der Waals surface area contributed by atoms with E-state index >= 15 is 0 Å². The summed E-state index contributed by atoms with van der Waals surface area (Å²) in [5, 5.41) is 5.20. The molecular formula is C10H8N2O3. The zero-order valence-corrected chi connectivity index (χ0v) is 7.74. The van der Waals surface area contributed by atoms with Crippen molar-refractivity contribution in [3.63, 3.8) is 0 Å². The molecule has 0 aromatic heterocycles. The Balaban J connectivity index is 2.17. The minimum Gasteiger partial charge on any atom is -0.426 e. The molecule has 0 aliphatic carbocycles. The Labute approximate surface area is 85.4 Å². The van der Waals surface area contributed by atoms with Crippen LogP contribution >= 0.6 is 0 Å². The van der Waals surface area contributed by atoms with Gasteiger partial charge in [-0.2, -0.15) is 0 Å². The Kier molecular flexibility index (Phi) is 1.38. The van der Waals surface area contributed by atoms with E-state index in [1.165, 1.54) is 0 Å². The molecule has 2 amide bonds. The van der Waals surface area contributed by atoms with E-state index in [4.69, 9.17) is 4.74 Å². The molecule has 5 heteroatoms. The van der Waals surface area contributed by atoms with Gasteiger partial charge in [0.05, 0.1) is 6.54 Å². The number of rotatable bonds is 0. The fraction of sp³-hybridized carbons (Fsp3) is 0.200. The van der Waals surface area contributed by atoms with Crippen molar-refractivity contribution in [2.24, 2.45) is 0 Å². The first-order valence-corrected chi connectivity index (χ1v) is 4.60. The first kappa shape index (κ1) is 8.28. The Hall–Kier alpha value is -2.04. The molecule has 1 atom stereocenters. The number of carbonyl (C=O) groups excluding carboxylic acids is 2. The van der Waals surface area contributed by atoms with Crippen LogP contribution in [0.5, 0.6) is 0 Å². The van der Waals surface area contributed by atoms with Crippen LogP contribution in [0.4, 0.5) is 10.5 Å². The maximum atomic E-state index is 11.8. The van der Waals surface area contributed by atoms with Crippen LogP contribution in [0.3, 0.4) is 0 Å². The molecule has 1 aromatic carbocycles. The smallest absolute Gasteiger partial charge is 0.408 e. The maximum Gasteiger partial charge on any atom is 0.408 e. The molecule has 2 aliphatic rings. The van der Waals surface area contributed by atoms with Crippen molar-refractivity contribution >= 4 is 17.7 Å². The van der Waals surface area contributed by atoms with Crippen molar-refractivity contribution in [1.82, 2.24) is 5.32 Å². The van der Waals surface area contributed by atoms with Gasteiger partial charge in [-0.3, -0.25) is 4.79 Å². The normalized spacial score (nSPS) is 27.2. The van der Waals surface area contributed by atoms with Gasteiger partial charge in [0.25, 0.3) is 5.91 Å². The number of carbonyl (C=O) groups is 2. The van der Waals surface area contributed by atoms with Gasteiger partial charge in [-0.1, -0.05) is 18.2 Å². The minimum atomic E-state index is -1.16. The van der Waals surface area contributed by atoms with Gasteiger partial charge in [0, 0.05) is 11.3 Å². The number of hydrogen-bond donors (Lipinski definition) is 2. The van der Waals surface area contributed by atoms with Crippen molar-refractivity contribution in [2.75, 3.05) is 11.9 Å². The molecule has 2 N–H and O–H groups in total. The van der Waals surface area contributed by atoms with E-state index in [1.54, 1.807) is 12.1 Å². The largest absolute Gasteiger partial charge is 0.426 e.